The first kappa shape index (κ1) is 17.5. The van der Waals surface area contributed by atoms with Gasteiger partial charge in [-0.2, -0.15) is 5.10 Å². The average molecular weight is 302 g/mol. The number of aryl methyl sites for hydroxylation is 2. The highest BCUT2D eigenvalue weighted by Crippen LogP contribution is 2.21. The predicted molar refractivity (Wildman–Crippen MR) is 84.5 cm³/mol. The van der Waals surface area contributed by atoms with Crippen molar-refractivity contribution in [1.29, 1.82) is 0 Å². The topological polar surface area (TPSA) is 39.1 Å². The van der Waals surface area contributed by atoms with Gasteiger partial charge in [0.25, 0.3) is 0 Å². The number of ether oxygens (including phenoxy) is 1. The zero-order valence-corrected chi connectivity index (χ0v) is 14.0. The van der Waals surface area contributed by atoms with Gasteiger partial charge in [-0.1, -0.05) is 25.4 Å². The Labute approximate surface area is 127 Å². The second-order valence-corrected chi connectivity index (χ2v) is 5.59. The lowest BCUT2D eigenvalue weighted by Crippen LogP contribution is -2.33. The van der Waals surface area contributed by atoms with Gasteiger partial charge in [0.05, 0.1) is 5.69 Å². The Morgan fingerprint density at radius 2 is 2.05 bits per heavy atom. The van der Waals surface area contributed by atoms with Crippen molar-refractivity contribution in [3.8, 4) is 0 Å². The molecule has 1 rings (SSSR count). The molecule has 5 heteroatoms. The number of rotatable bonds is 10. The molecule has 0 aliphatic carbocycles. The van der Waals surface area contributed by atoms with Crippen LogP contribution in [0.4, 0.5) is 0 Å². The van der Waals surface area contributed by atoms with Gasteiger partial charge in [-0.25, -0.2) is 0 Å². The molecule has 0 fully saturated rings. The summed E-state index contributed by atoms with van der Waals surface area (Å²) in [7, 11) is 1.89. The normalized spacial score (nSPS) is 12.8. The summed E-state index contributed by atoms with van der Waals surface area (Å²) >= 11 is 6.32. The summed E-state index contributed by atoms with van der Waals surface area (Å²) in [5.74, 6) is 0. The van der Waals surface area contributed by atoms with Gasteiger partial charge in [-0.05, 0) is 39.2 Å². The predicted octanol–water partition coefficient (Wildman–Crippen LogP) is 3.11. The van der Waals surface area contributed by atoms with Crippen LogP contribution in [0.25, 0.3) is 0 Å². The Bertz CT molecular complexity index is 393. The monoisotopic (exact) mass is 301 g/mol. The largest absolute Gasteiger partial charge is 0.381 e. The molecule has 1 aromatic rings. The zero-order chi connectivity index (χ0) is 15.0. The molecule has 0 saturated heterocycles. The molecule has 116 valence electrons. The van der Waals surface area contributed by atoms with Gasteiger partial charge in [0.15, 0.2) is 0 Å². The lowest BCUT2D eigenvalue weighted by molar-refractivity contribution is 0.124. The van der Waals surface area contributed by atoms with Crippen LogP contribution >= 0.6 is 11.6 Å². The van der Waals surface area contributed by atoms with Crippen molar-refractivity contribution in [2.24, 2.45) is 7.05 Å². The average Bonchev–Trinajstić information content (AvgIpc) is 2.66. The quantitative estimate of drug-likeness (QED) is 0.675. The molecule has 0 radical (unpaired) electrons. The Morgan fingerprint density at radius 3 is 2.60 bits per heavy atom. The van der Waals surface area contributed by atoms with Crippen LogP contribution in [0.2, 0.25) is 5.15 Å². The summed E-state index contributed by atoms with van der Waals surface area (Å²) in [5.41, 5.74) is 2.17. The van der Waals surface area contributed by atoms with Crippen LogP contribution in [0.1, 0.15) is 44.4 Å². The summed E-state index contributed by atoms with van der Waals surface area (Å²) in [6, 6.07) is 0.396. The number of halogens is 1. The van der Waals surface area contributed by atoms with Gasteiger partial charge in [-0.3, -0.25) is 4.68 Å². The first-order valence-electron chi connectivity index (χ1n) is 7.59. The molecule has 0 saturated carbocycles. The van der Waals surface area contributed by atoms with Gasteiger partial charge < -0.3 is 10.1 Å². The van der Waals surface area contributed by atoms with Gasteiger partial charge in [0.1, 0.15) is 5.15 Å². The van der Waals surface area contributed by atoms with E-state index in [1.54, 1.807) is 4.68 Å². The maximum Gasteiger partial charge on any atom is 0.130 e. The first-order valence-corrected chi connectivity index (χ1v) is 7.97. The lowest BCUT2D eigenvalue weighted by atomic mass is 10.0. The third kappa shape index (κ3) is 5.43. The van der Waals surface area contributed by atoms with E-state index in [1.165, 1.54) is 0 Å². The van der Waals surface area contributed by atoms with E-state index in [4.69, 9.17) is 16.3 Å². The number of nitrogens with one attached hydrogen (secondary N) is 1. The molecular formula is C15H28ClN3O. The highest BCUT2D eigenvalue weighted by atomic mass is 35.5. The van der Waals surface area contributed by atoms with E-state index >= 15 is 0 Å². The van der Waals surface area contributed by atoms with E-state index in [0.29, 0.717) is 6.04 Å². The molecule has 20 heavy (non-hydrogen) atoms. The van der Waals surface area contributed by atoms with Crippen molar-refractivity contribution >= 4 is 11.6 Å². The standard InChI is InChI=1S/C15H28ClN3O/c1-5-8-17-13(7-10-20-9-6-2)11-14-12(3)18-19(4)15(14)16/h13,17H,5-11H2,1-4H3. The molecule has 1 heterocycles. The fourth-order valence-electron chi connectivity index (χ4n) is 2.25. The van der Waals surface area contributed by atoms with Crippen LogP contribution in [0.15, 0.2) is 0 Å². The van der Waals surface area contributed by atoms with E-state index in [-0.39, 0.29) is 0 Å². The number of aromatic nitrogens is 2. The summed E-state index contributed by atoms with van der Waals surface area (Å²) < 4.78 is 7.35. The summed E-state index contributed by atoms with van der Waals surface area (Å²) in [6.45, 7) is 8.99. The van der Waals surface area contributed by atoms with Crippen molar-refractivity contribution in [3.63, 3.8) is 0 Å². The molecule has 0 aliphatic heterocycles. The van der Waals surface area contributed by atoms with Crippen LogP contribution in [-0.2, 0) is 18.2 Å². The molecule has 4 nitrogen and oxygen atoms in total. The second-order valence-electron chi connectivity index (χ2n) is 5.23. The van der Waals surface area contributed by atoms with Gasteiger partial charge in [0.2, 0.25) is 0 Å². The molecule has 0 aliphatic rings. The van der Waals surface area contributed by atoms with Crippen molar-refractivity contribution < 1.29 is 4.74 Å². The Kier molecular flexibility index (Phi) is 8.19. The SMILES string of the molecule is CCCNC(CCOCCC)Cc1c(C)nn(C)c1Cl. The highest BCUT2D eigenvalue weighted by Gasteiger charge is 2.16. The van der Waals surface area contributed by atoms with E-state index in [1.807, 2.05) is 14.0 Å². The van der Waals surface area contributed by atoms with E-state index in [9.17, 15) is 0 Å². The summed E-state index contributed by atoms with van der Waals surface area (Å²) in [4.78, 5) is 0. The minimum atomic E-state index is 0.396. The summed E-state index contributed by atoms with van der Waals surface area (Å²) in [6.07, 6.45) is 4.12. The van der Waals surface area contributed by atoms with E-state index in [0.717, 1.165) is 61.9 Å². The molecule has 1 unspecified atom stereocenters. The maximum atomic E-state index is 6.32. The minimum absolute atomic E-state index is 0.396. The smallest absolute Gasteiger partial charge is 0.130 e. The molecule has 0 aromatic carbocycles. The molecule has 1 aromatic heterocycles. The lowest BCUT2D eigenvalue weighted by Gasteiger charge is -2.18. The van der Waals surface area contributed by atoms with Crippen LogP contribution in [0.3, 0.4) is 0 Å². The van der Waals surface area contributed by atoms with E-state index in [2.05, 4.69) is 24.3 Å². The van der Waals surface area contributed by atoms with Crippen LogP contribution in [-0.4, -0.2) is 35.6 Å². The molecule has 1 atom stereocenters. The van der Waals surface area contributed by atoms with Gasteiger partial charge >= 0.3 is 0 Å². The van der Waals surface area contributed by atoms with Crippen molar-refractivity contribution in [2.75, 3.05) is 19.8 Å². The fraction of sp³-hybridized carbons (Fsp3) is 0.800. The molecule has 0 amide bonds. The molecular weight excluding hydrogens is 274 g/mol. The van der Waals surface area contributed by atoms with Gasteiger partial charge in [0, 0.05) is 31.9 Å². The van der Waals surface area contributed by atoms with Crippen molar-refractivity contribution in [3.05, 3.63) is 16.4 Å². The minimum Gasteiger partial charge on any atom is -0.381 e. The fourth-order valence-corrected chi connectivity index (χ4v) is 2.50. The molecule has 1 N–H and O–H groups in total. The number of hydrogen-bond acceptors (Lipinski definition) is 3. The maximum absolute atomic E-state index is 6.32. The number of hydrogen-bond donors (Lipinski definition) is 1. The Hall–Kier alpha value is -0.580. The van der Waals surface area contributed by atoms with Crippen molar-refractivity contribution in [2.45, 2.75) is 52.5 Å². The molecule has 0 spiro atoms. The number of nitrogens with zero attached hydrogens (tertiary/aromatic N) is 2. The van der Waals surface area contributed by atoms with Crippen LogP contribution < -0.4 is 5.32 Å². The third-order valence-electron chi connectivity index (χ3n) is 3.36. The highest BCUT2D eigenvalue weighted by molar-refractivity contribution is 6.30. The Balaban J connectivity index is 2.58. The van der Waals surface area contributed by atoms with Crippen LogP contribution in [0.5, 0.6) is 0 Å². The van der Waals surface area contributed by atoms with Crippen LogP contribution in [0, 0.1) is 6.92 Å². The third-order valence-corrected chi connectivity index (χ3v) is 3.84. The summed E-state index contributed by atoms with van der Waals surface area (Å²) in [5, 5.41) is 8.71. The molecule has 0 bridgehead atoms. The Morgan fingerprint density at radius 1 is 1.30 bits per heavy atom. The zero-order valence-electron chi connectivity index (χ0n) is 13.2. The van der Waals surface area contributed by atoms with Crippen molar-refractivity contribution in [1.82, 2.24) is 15.1 Å². The second kappa shape index (κ2) is 9.37. The van der Waals surface area contributed by atoms with E-state index < -0.39 is 0 Å². The van der Waals surface area contributed by atoms with Gasteiger partial charge in [-0.15, -0.1) is 0 Å². The first-order chi connectivity index (χ1) is 9.60.